The van der Waals surface area contributed by atoms with Gasteiger partial charge in [0.1, 0.15) is 0 Å². The van der Waals surface area contributed by atoms with Crippen molar-refractivity contribution in [2.75, 3.05) is 0 Å². The first-order valence-electron chi connectivity index (χ1n) is 4.13. The number of carbonyl (C=O) groups excluding carboxylic acids is 1. The summed E-state index contributed by atoms with van der Waals surface area (Å²) in [5.74, 6) is 0.130. The van der Waals surface area contributed by atoms with E-state index in [0.29, 0.717) is 17.6 Å². The third-order valence-corrected chi connectivity index (χ3v) is 2.56. The minimum atomic E-state index is -0.104. The summed E-state index contributed by atoms with van der Waals surface area (Å²) in [6, 6.07) is 2.13. The third-order valence-electron chi connectivity index (χ3n) is 2.56. The lowest BCUT2D eigenvalue weighted by atomic mass is 9.73. The lowest BCUT2D eigenvalue weighted by Gasteiger charge is -2.29. The van der Waals surface area contributed by atoms with Gasteiger partial charge in [0.25, 0.3) is 0 Å². The second-order valence-electron chi connectivity index (χ2n) is 3.92. The fourth-order valence-corrected chi connectivity index (χ4v) is 1.62. The number of allylic oxidation sites excluding steroid dienone is 2. The Kier molecular flexibility index (Phi) is 2.06. The zero-order valence-electron chi connectivity index (χ0n) is 7.77. The monoisotopic (exact) mass is 163 g/mol. The van der Waals surface area contributed by atoms with Gasteiger partial charge in [0, 0.05) is 23.0 Å². The smallest absolute Gasteiger partial charge is 0.159 e. The van der Waals surface area contributed by atoms with Crippen molar-refractivity contribution in [2.24, 2.45) is 5.41 Å². The van der Waals surface area contributed by atoms with Crippen LogP contribution >= 0.6 is 0 Å². The van der Waals surface area contributed by atoms with Crippen LogP contribution in [0.4, 0.5) is 0 Å². The van der Waals surface area contributed by atoms with Crippen LogP contribution in [0.5, 0.6) is 0 Å². The highest BCUT2D eigenvalue weighted by atomic mass is 16.1. The van der Waals surface area contributed by atoms with Crippen molar-refractivity contribution in [1.82, 2.24) is 0 Å². The van der Waals surface area contributed by atoms with Crippen LogP contribution in [0, 0.1) is 16.7 Å². The molecule has 12 heavy (non-hydrogen) atoms. The van der Waals surface area contributed by atoms with E-state index in [1.54, 1.807) is 6.92 Å². The maximum absolute atomic E-state index is 11.2. The molecule has 0 radical (unpaired) electrons. The zero-order chi connectivity index (χ0) is 9.35. The van der Waals surface area contributed by atoms with E-state index >= 15 is 0 Å². The van der Waals surface area contributed by atoms with Crippen LogP contribution in [0.2, 0.25) is 0 Å². The van der Waals surface area contributed by atoms with Gasteiger partial charge < -0.3 is 0 Å². The molecular weight excluding hydrogens is 150 g/mol. The number of hydrogen-bond acceptors (Lipinski definition) is 2. The Hall–Kier alpha value is -1.10. The number of carbonyl (C=O) groups is 1. The van der Waals surface area contributed by atoms with Crippen LogP contribution in [0.3, 0.4) is 0 Å². The topological polar surface area (TPSA) is 40.9 Å². The summed E-state index contributed by atoms with van der Waals surface area (Å²) in [6.45, 7) is 5.78. The van der Waals surface area contributed by atoms with E-state index in [-0.39, 0.29) is 11.2 Å². The Bertz CT molecular complexity index is 291. The van der Waals surface area contributed by atoms with Gasteiger partial charge in [-0.2, -0.15) is 5.26 Å². The van der Waals surface area contributed by atoms with Crippen molar-refractivity contribution >= 4 is 5.78 Å². The van der Waals surface area contributed by atoms with E-state index < -0.39 is 0 Å². The third kappa shape index (κ3) is 1.27. The molecule has 64 valence electrons. The standard InChI is InChI=1S/C10H13NO/c1-7-8(6-11)10(2,3)5-4-9(7)12/h4-5H2,1-3H3. The van der Waals surface area contributed by atoms with E-state index in [1.807, 2.05) is 13.8 Å². The van der Waals surface area contributed by atoms with Crippen LogP contribution in [0.1, 0.15) is 33.6 Å². The average Bonchev–Trinajstić information content (AvgIpc) is 1.99. The van der Waals surface area contributed by atoms with E-state index in [2.05, 4.69) is 6.07 Å². The SMILES string of the molecule is CC1=C(C#N)C(C)(C)CCC1=O. The van der Waals surface area contributed by atoms with Crippen molar-refractivity contribution in [1.29, 1.82) is 5.26 Å². The summed E-state index contributed by atoms with van der Waals surface area (Å²) < 4.78 is 0. The summed E-state index contributed by atoms with van der Waals surface area (Å²) in [5.41, 5.74) is 1.22. The van der Waals surface area contributed by atoms with Crippen molar-refractivity contribution in [2.45, 2.75) is 33.6 Å². The van der Waals surface area contributed by atoms with Crippen molar-refractivity contribution in [3.05, 3.63) is 11.1 Å². The van der Waals surface area contributed by atoms with E-state index in [4.69, 9.17) is 5.26 Å². The fourth-order valence-electron chi connectivity index (χ4n) is 1.62. The first-order valence-corrected chi connectivity index (χ1v) is 4.13. The Morgan fingerprint density at radius 2 is 2.08 bits per heavy atom. The Balaban J connectivity index is 3.21. The van der Waals surface area contributed by atoms with E-state index in [0.717, 1.165) is 6.42 Å². The molecular formula is C10H13NO. The summed E-state index contributed by atoms with van der Waals surface area (Å²) in [4.78, 5) is 11.2. The van der Waals surface area contributed by atoms with Gasteiger partial charge in [0.2, 0.25) is 0 Å². The van der Waals surface area contributed by atoms with Crippen LogP contribution in [-0.2, 0) is 4.79 Å². The van der Waals surface area contributed by atoms with Crippen molar-refractivity contribution in [3.8, 4) is 6.07 Å². The lowest BCUT2D eigenvalue weighted by Crippen LogP contribution is -2.24. The van der Waals surface area contributed by atoms with E-state index in [1.165, 1.54) is 0 Å². The lowest BCUT2D eigenvalue weighted by molar-refractivity contribution is -0.116. The highest BCUT2D eigenvalue weighted by molar-refractivity contribution is 5.97. The van der Waals surface area contributed by atoms with Gasteiger partial charge in [-0.15, -0.1) is 0 Å². The first kappa shape index (κ1) is 8.99. The largest absolute Gasteiger partial charge is 0.295 e. The van der Waals surface area contributed by atoms with Gasteiger partial charge in [0.15, 0.2) is 5.78 Å². The van der Waals surface area contributed by atoms with Gasteiger partial charge in [0.05, 0.1) is 6.07 Å². The molecule has 0 spiro atoms. The highest BCUT2D eigenvalue weighted by Crippen LogP contribution is 2.37. The molecule has 0 aliphatic heterocycles. The molecule has 0 N–H and O–H groups in total. The quantitative estimate of drug-likeness (QED) is 0.549. The zero-order valence-corrected chi connectivity index (χ0v) is 7.77. The second kappa shape index (κ2) is 2.75. The molecule has 1 rings (SSSR count). The molecule has 0 unspecified atom stereocenters. The summed E-state index contributed by atoms with van der Waals surface area (Å²) >= 11 is 0. The minimum absolute atomic E-state index is 0.104. The molecule has 0 aromatic heterocycles. The summed E-state index contributed by atoms with van der Waals surface area (Å²) in [6.07, 6.45) is 1.38. The number of rotatable bonds is 0. The van der Waals surface area contributed by atoms with Crippen LogP contribution in [0.25, 0.3) is 0 Å². The maximum atomic E-state index is 11.2. The van der Waals surface area contributed by atoms with Crippen LogP contribution in [0.15, 0.2) is 11.1 Å². The molecule has 0 atom stereocenters. The van der Waals surface area contributed by atoms with Gasteiger partial charge >= 0.3 is 0 Å². The van der Waals surface area contributed by atoms with Gasteiger partial charge in [-0.25, -0.2) is 0 Å². The predicted octanol–water partition coefficient (Wildman–Crippen LogP) is 2.22. The van der Waals surface area contributed by atoms with Crippen molar-refractivity contribution in [3.63, 3.8) is 0 Å². The highest BCUT2D eigenvalue weighted by Gasteiger charge is 2.32. The number of nitrogens with zero attached hydrogens (tertiary/aromatic N) is 1. The molecule has 0 fully saturated rings. The molecule has 0 bridgehead atoms. The molecule has 1 aliphatic carbocycles. The number of ketones is 1. The Morgan fingerprint density at radius 1 is 1.50 bits per heavy atom. The number of hydrogen-bond donors (Lipinski definition) is 0. The van der Waals surface area contributed by atoms with Gasteiger partial charge in [-0.3, -0.25) is 4.79 Å². The van der Waals surface area contributed by atoms with Gasteiger partial charge in [-0.05, 0) is 13.3 Å². The van der Waals surface area contributed by atoms with Crippen LogP contribution in [-0.4, -0.2) is 5.78 Å². The molecule has 0 aromatic carbocycles. The average molecular weight is 163 g/mol. The van der Waals surface area contributed by atoms with Crippen LogP contribution < -0.4 is 0 Å². The maximum Gasteiger partial charge on any atom is 0.159 e. The summed E-state index contributed by atoms with van der Waals surface area (Å²) in [5, 5.41) is 8.85. The number of nitriles is 1. The number of Topliss-reactive ketones (excluding diaryl/α,β-unsaturated/α-hetero) is 1. The Morgan fingerprint density at radius 3 is 2.50 bits per heavy atom. The molecule has 2 heteroatoms. The minimum Gasteiger partial charge on any atom is -0.295 e. The molecule has 1 aliphatic rings. The normalized spacial score (nSPS) is 22.3. The van der Waals surface area contributed by atoms with Crippen molar-refractivity contribution < 1.29 is 4.79 Å². The fraction of sp³-hybridized carbons (Fsp3) is 0.600. The Labute approximate surface area is 72.9 Å². The molecule has 0 saturated carbocycles. The molecule has 0 aromatic rings. The first-order chi connectivity index (χ1) is 5.49. The molecule has 0 heterocycles. The van der Waals surface area contributed by atoms with Gasteiger partial charge in [-0.1, -0.05) is 13.8 Å². The second-order valence-corrected chi connectivity index (χ2v) is 3.92. The molecule has 0 amide bonds. The molecule has 0 saturated heterocycles. The summed E-state index contributed by atoms with van der Waals surface area (Å²) in [7, 11) is 0. The predicted molar refractivity (Wildman–Crippen MR) is 46.3 cm³/mol. The van der Waals surface area contributed by atoms with E-state index in [9.17, 15) is 4.79 Å². The molecule has 2 nitrogen and oxygen atoms in total.